The molecular weight excluding hydrogens is 403 g/mol. The highest BCUT2D eigenvalue weighted by Crippen LogP contribution is 2.33. The average Bonchev–Trinajstić information content (AvgIpc) is 2.84. The number of piperazine rings is 1. The number of aromatic nitrogens is 2. The first-order valence-corrected chi connectivity index (χ1v) is 10.7. The van der Waals surface area contributed by atoms with Gasteiger partial charge in [0.25, 0.3) is 5.91 Å². The molecule has 0 aliphatic carbocycles. The third kappa shape index (κ3) is 3.68. The number of hydrogen-bond donors (Lipinski definition) is 0. The van der Waals surface area contributed by atoms with Crippen LogP contribution in [-0.2, 0) is 0 Å². The Morgan fingerprint density at radius 1 is 0.906 bits per heavy atom. The van der Waals surface area contributed by atoms with Gasteiger partial charge in [0.05, 0.1) is 0 Å². The fourth-order valence-corrected chi connectivity index (χ4v) is 4.35. The van der Waals surface area contributed by atoms with Gasteiger partial charge in [-0.1, -0.05) is 48.5 Å². The van der Waals surface area contributed by atoms with E-state index >= 15 is 0 Å². The molecule has 160 valence electrons. The van der Waals surface area contributed by atoms with E-state index in [1.807, 2.05) is 65.6 Å². The van der Waals surface area contributed by atoms with Crippen LogP contribution in [0.25, 0.3) is 22.0 Å². The van der Waals surface area contributed by atoms with Crippen molar-refractivity contribution in [2.75, 3.05) is 24.5 Å². The van der Waals surface area contributed by atoms with E-state index in [-0.39, 0.29) is 17.8 Å². The number of carbonyl (C=O) groups excluding carboxylic acids is 1. The summed E-state index contributed by atoms with van der Waals surface area (Å²) in [7, 11) is 0. The topological polar surface area (TPSA) is 49.3 Å². The molecule has 4 aromatic rings. The first kappa shape index (κ1) is 20.1. The molecule has 0 radical (unpaired) electrons. The summed E-state index contributed by atoms with van der Waals surface area (Å²) in [4.78, 5) is 16.9. The second-order valence-corrected chi connectivity index (χ2v) is 8.09. The highest BCUT2D eigenvalue weighted by Gasteiger charge is 2.29. The van der Waals surface area contributed by atoms with Crippen molar-refractivity contribution in [3.63, 3.8) is 0 Å². The molecule has 1 atom stereocenters. The number of amides is 1. The summed E-state index contributed by atoms with van der Waals surface area (Å²) in [5.74, 6) is 0.452. The molecule has 0 N–H and O–H groups in total. The Balaban J connectivity index is 1.47. The minimum Gasteiger partial charge on any atom is -0.348 e. The van der Waals surface area contributed by atoms with Crippen molar-refractivity contribution in [1.82, 2.24) is 15.1 Å². The lowest BCUT2D eigenvalue weighted by Gasteiger charge is -2.40. The molecule has 1 saturated heterocycles. The maximum atomic E-state index is 14.2. The van der Waals surface area contributed by atoms with Crippen LogP contribution in [0.3, 0.4) is 0 Å². The summed E-state index contributed by atoms with van der Waals surface area (Å²) < 4.78 is 14.2. The number of carbonyl (C=O) groups is 1. The van der Waals surface area contributed by atoms with Crippen LogP contribution >= 0.6 is 0 Å². The second kappa shape index (κ2) is 8.38. The Kier molecular flexibility index (Phi) is 5.27. The molecule has 1 fully saturated rings. The molecule has 1 aliphatic heterocycles. The van der Waals surface area contributed by atoms with Crippen molar-refractivity contribution in [2.24, 2.45) is 0 Å². The van der Waals surface area contributed by atoms with E-state index in [2.05, 4.69) is 22.0 Å². The zero-order valence-electron chi connectivity index (χ0n) is 17.8. The van der Waals surface area contributed by atoms with E-state index in [0.717, 1.165) is 22.2 Å². The number of hydrogen-bond acceptors (Lipinski definition) is 4. The minimum atomic E-state index is -0.306. The molecule has 0 unspecified atom stereocenters. The van der Waals surface area contributed by atoms with Crippen LogP contribution in [0, 0.1) is 5.82 Å². The highest BCUT2D eigenvalue weighted by atomic mass is 19.1. The van der Waals surface area contributed by atoms with Crippen molar-refractivity contribution < 1.29 is 9.18 Å². The molecule has 1 aromatic heterocycles. The SMILES string of the molecule is C[C@@H]1CN(C(=O)c2ccccc2)CCN1c1nnc(-c2ccccc2)c2cc(F)ccc12. The maximum Gasteiger partial charge on any atom is 0.253 e. The van der Waals surface area contributed by atoms with Gasteiger partial charge in [-0.3, -0.25) is 4.79 Å². The largest absolute Gasteiger partial charge is 0.348 e. The Bertz CT molecular complexity index is 1260. The summed E-state index contributed by atoms with van der Waals surface area (Å²) in [6.07, 6.45) is 0. The van der Waals surface area contributed by atoms with E-state index in [4.69, 9.17) is 0 Å². The number of nitrogens with zero attached hydrogens (tertiary/aromatic N) is 4. The van der Waals surface area contributed by atoms with Crippen molar-refractivity contribution >= 4 is 22.5 Å². The highest BCUT2D eigenvalue weighted by molar-refractivity contribution is 6.00. The van der Waals surface area contributed by atoms with Gasteiger partial charge in [-0.2, -0.15) is 0 Å². The Morgan fingerprint density at radius 3 is 2.34 bits per heavy atom. The Morgan fingerprint density at radius 2 is 1.62 bits per heavy atom. The molecule has 32 heavy (non-hydrogen) atoms. The lowest BCUT2D eigenvalue weighted by atomic mass is 10.0. The van der Waals surface area contributed by atoms with Crippen molar-refractivity contribution in [3.8, 4) is 11.3 Å². The summed E-state index contributed by atoms with van der Waals surface area (Å²) >= 11 is 0. The van der Waals surface area contributed by atoms with Crippen LogP contribution in [0.15, 0.2) is 78.9 Å². The fraction of sp³-hybridized carbons (Fsp3) is 0.192. The zero-order valence-corrected chi connectivity index (χ0v) is 17.8. The van der Waals surface area contributed by atoms with Gasteiger partial charge in [-0.25, -0.2) is 4.39 Å². The normalized spacial score (nSPS) is 16.4. The molecule has 1 amide bonds. The molecule has 0 spiro atoms. The van der Waals surface area contributed by atoms with Gasteiger partial charge in [0.1, 0.15) is 11.5 Å². The number of rotatable bonds is 3. The van der Waals surface area contributed by atoms with E-state index in [9.17, 15) is 9.18 Å². The summed E-state index contributed by atoms with van der Waals surface area (Å²) in [5.41, 5.74) is 2.25. The van der Waals surface area contributed by atoms with Crippen molar-refractivity contribution in [3.05, 3.63) is 90.2 Å². The van der Waals surface area contributed by atoms with Gasteiger partial charge in [0, 0.05) is 47.6 Å². The predicted molar refractivity (Wildman–Crippen MR) is 124 cm³/mol. The van der Waals surface area contributed by atoms with Gasteiger partial charge in [0.15, 0.2) is 5.82 Å². The fourth-order valence-electron chi connectivity index (χ4n) is 4.35. The molecule has 0 saturated carbocycles. The summed E-state index contributed by atoms with van der Waals surface area (Å²) in [5, 5.41) is 10.6. The Labute approximate surface area is 186 Å². The van der Waals surface area contributed by atoms with Gasteiger partial charge in [-0.15, -0.1) is 10.2 Å². The average molecular weight is 426 g/mol. The van der Waals surface area contributed by atoms with Gasteiger partial charge >= 0.3 is 0 Å². The lowest BCUT2D eigenvalue weighted by molar-refractivity contribution is 0.0726. The molecular formula is C26H23FN4O. The first-order chi connectivity index (χ1) is 15.6. The summed E-state index contributed by atoms with van der Waals surface area (Å²) in [6.45, 7) is 3.87. The smallest absolute Gasteiger partial charge is 0.253 e. The third-order valence-electron chi connectivity index (χ3n) is 5.98. The van der Waals surface area contributed by atoms with Crippen LogP contribution in [0.4, 0.5) is 10.2 Å². The maximum absolute atomic E-state index is 14.2. The van der Waals surface area contributed by atoms with Gasteiger partial charge in [-0.05, 0) is 37.3 Å². The van der Waals surface area contributed by atoms with Crippen molar-refractivity contribution in [1.29, 1.82) is 0 Å². The Hall–Kier alpha value is -3.80. The van der Waals surface area contributed by atoms with Crippen LogP contribution in [0.5, 0.6) is 0 Å². The second-order valence-electron chi connectivity index (χ2n) is 8.09. The number of benzene rings is 3. The minimum absolute atomic E-state index is 0.0366. The molecule has 1 aliphatic rings. The molecule has 0 bridgehead atoms. The zero-order chi connectivity index (χ0) is 22.1. The monoisotopic (exact) mass is 426 g/mol. The number of anilines is 1. The van der Waals surface area contributed by atoms with Crippen LogP contribution < -0.4 is 4.90 Å². The molecule has 5 nitrogen and oxygen atoms in total. The summed E-state index contributed by atoms with van der Waals surface area (Å²) in [6, 6.07) is 23.8. The van der Waals surface area contributed by atoms with Crippen LogP contribution in [0.1, 0.15) is 17.3 Å². The van der Waals surface area contributed by atoms with Gasteiger partial charge < -0.3 is 9.80 Å². The number of halogens is 1. The third-order valence-corrected chi connectivity index (χ3v) is 5.98. The standard InChI is InChI=1S/C26H23FN4O/c1-18-17-30(26(32)20-10-6-3-7-11-20)14-15-31(18)25-22-13-12-21(27)16-23(22)24(28-29-25)19-8-4-2-5-9-19/h2-13,16,18H,14-15,17H2,1H3/t18-/m1/s1. The molecule has 2 heterocycles. The van der Waals surface area contributed by atoms with Gasteiger partial charge in [0.2, 0.25) is 0 Å². The number of fused-ring (bicyclic) bond motifs is 1. The van der Waals surface area contributed by atoms with E-state index < -0.39 is 0 Å². The molecule has 6 heteroatoms. The van der Waals surface area contributed by atoms with E-state index in [1.165, 1.54) is 12.1 Å². The quantitative estimate of drug-likeness (QED) is 0.473. The predicted octanol–water partition coefficient (Wildman–Crippen LogP) is 4.79. The first-order valence-electron chi connectivity index (χ1n) is 10.7. The lowest BCUT2D eigenvalue weighted by Crippen LogP contribution is -2.54. The molecule has 3 aromatic carbocycles. The van der Waals surface area contributed by atoms with Crippen molar-refractivity contribution in [2.45, 2.75) is 13.0 Å². The van der Waals surface area contributed by atoms with Crippen LogP contribution in [0.2, 0.25) is 0 Å². The molecule has 5 rings (SSSR count). The van der Waals surface area contributed by atoms with E-state index in [1.54, 1.807) is 6.07 Å². The van der Waals surface area contributed by atoms with E-state index in [0.29, 0.717) is 30.9 Å². The van der Waals surface area contributed by atoms with Crippen LogP contribution in [-0.4, -0.2) is 46.7 Å².